The lowest BCUT2D eigenvalue weighted by Crippen LogP contribution is -2.32. The topological polar surface area (TPSA) is 58.2 Å². The second-order valence-electron chi connectivity index (χ2n) is 4.87. The number of hydrogen-bond donors (Lipinski definition) is 2. The molecular formula is C14H23FN2O2S. The molecular weight excluding hydrogens is 279 g/mol. The van der Waals surface area contributed by atoms with Crippen LogP contribution < -0.4 is 10.0 Å². The first kappa shape index (κ1) is 17.1. The summed E-state index contributed by atoms with van der Waals surface area (Å²) in [7, 11) is -3.81. The maximum Gasteiger partial charge on any atom is 0.243 e. The van der Waals surface area contributed by atoms with Crippen LogP contribution in [-0.4, -0.2) is 21.0 Å². The van der Waals surface area contributed by atoms with E-state index < -0.39 is 15.8 Å². The highest BCUT2D eigenvalue weighted by molar-refractivity contribution is 7.89. The zero-order chi connectivity index (χ0) is 15.2. The summed E-state index contributed by atoms with van der Waals surface area (Å²) in [5.74, 6) is -0.722. The van der Waals surface area contributed by atoms with Crippen molar-refractivity contribution in [2.24, 2.45) is 0 Å². The van der Waals surface area contributed by atoms with Crippen LogP contribution in [0, 0.1) is 5.82 Å². The molecule has 1 atom stereocenters. The molecule has 0 aromatic heterocycles. The van der Waals surface area contributed by atoms with E-state index in [4.69, 9.17) is 0 Å². The van der Waals surface area contributed by atoms with Crippen molar-refractivity contribution < 1.29 is 12.8 Å². The number of benzene rings is 1. The number of hydrogen-bond acceptors (Lipinski definition) is 3. The van der Waals surface area contributed by atoms with Crippen LogP contribution in [0.4, 0.5) is 4.39 Å². The molecule has 0 aliphatic rings. The Labute approximate surface area is 120 Å². The van der Waals surface area contributed by atoms with Crippen LogP contribution in [0.1, 0.15) is 39.2 Å². The standard InChI is InChI=1S/C14H23FN2O2S/c1-4-8-16-10-12-6-7-13(15)14(9-12)20(18,19)17-11(3)5-2/h6-7,9,11,16-17H,4-5,8,10H2,1-3H3. The fraction of sp³-hybridized carbons (Fsp3) is 0.571. The van der Waals surface area contributed by atoms with E-state index in [0.29, 0.717) is 13.0 Å². The van der Waals surface area contributed by atoms with Gasteiger partial charge >= 0.3 is 0 Å². The van der Waals surface area contributed by atoms with E-state index in [-0.39, 0.29) is 10.9 Å². The van der Waals surface area contributed by atoms with Crippen molar-refractivity contribution in [1.82, 2.24) is 10.0 Å². The van der Waals surface area contributed by atoms with Crippen molar-refractivity contribution in [1.29, 1.82) is 0 Å². The molecule has 0 spiro atoms. The Balaban J connectivity index is 2.95. The number of nitrogens with one attached hydrogen (secondary N) is 2. The SMILES string of the molecule is CCCNCc1ccc(F)c(S(=O)(=O)NC(C)CC)c1. The molecule has 0 radical (unpaired) electrons. The molecule has 0 saturated carbocycles. The molecule has 4 nitrogen and oxygen atoms in total. The fourth-order valence-corrected chi connectivity index (χ4v) is 3.14. The van der Waals surface area contributed by atoms with Crippen LogP contribution >= 0.6 is 0 Å². The minimum atomic E-state index is -3.81. The summed E-state index contributed by atoms with van der Waals surface area (Å²) >= 11 is 0. The summed E-state index contributed by atoms with van der Waals surface area (Å²) in [5.41, 5.74) is 0.754. The van der Waals surface area contributed by atoms with Crippen LogP contribution in [0.3, 0.4) is 0 Å². The third-order valence-electron chi connectivity index (χ3n) is 3.01. The summed E-state index contributed by atoms with van der Waals surface area (Å²) < 4.78 is 40.5. The lowest BCUT2D eigenvalue weighted by Gasteiger charge is -2.13. The van der Waals surface area contributed by atoms with E-state index in [0.717, 1.165) is 18.5 Å². The van der Waals surface area contributed by atoms with Gasteiger partial charge in [0.15, 0.2) is 0 Å². The molecule has 2 N–H and O–H groups in total. The van der Waals surface area contributed by atoms with Gasteiger partial charge in [-0.3, -0.25) is 0 Å². The van der Waals surface area contributed by atoms with Crippen LogP contribution in [0.15, 0.2) is 23.1 Å². The molecule has 1 unspecified atom stereocenters. The summed E-state index contributed by atoms with van der Waals surface area (Å²) in [5, 5.41) is 3.16. The zero-order valence-corrected chi connectivity index (χ0v) is 13.1. The van der Waals surface area contributed by atoms with Crippen LogP contribution in [0.5, 0.6) is 0 Å². The van der Waals surface area contributed by atoms with Gasteiger partial charge in [0, 0.05) is 12.6 Å². The molecule has 6 heteroatoms. The smallest absolute Gasteiger partial charge is 0.243 e. The average Bonchev–Trinajstić information content (AvgIpc) is 2.40. The van der Waals surface area contributed by atoms with Gasteiger partial charge in [-0.1, -0.05) is 19.9 Å². The molecule has 20 heavy (non-hydrogen) atoms. The van der Waals surface area contributed by atoms with E-state index in [2.05, 4.69) is 10.0 Å². The van der Waals surface area contributed by atoms with Gasteiger partial charge in [0.2, 0.25) is 10.0 Å². The summed E-state index contributed by atoms with van der Waals surface area (Å²) in [6.45, 7) is 7.03. The molecule has 0 fully saturated rings. The molecule has 0 amide bonds. The lowest BCUT2D eigenvalue weighted by atomic mass is 10.2. The summed E-state index contributed by atoms with van der Waals surface area (Å²) in [6, 6.07) is 3.97. The third kappa shape index (κ3) is 4.85. The van der Waals surface area contributed by atoms with Crippen molar-refractivity contribution in [3.05, 3.63) is 29.6 Å². The second-order valence-corrected chi connectivity index (χ2v) is 6.55. The van der Waals surface area contributed by atoms with Gasteiger partial charge in [-0.2, -0.15) is 0 Å². The Kier molecular flexibility index (Phi) is 6.58. The minimum absolute atomic E-state index is 0.221. The molecule has 114 valence electrons. The van der Waals surface area contributed by atoms with Gasteiger partial charge < -0.3 is 5.32 Å². The minimum Gasteiger partial charge on any atom is -0.313 e. The van der Waals surface area contributed by atoms with Gasteiger partial charge in [0.1, 0.15) is 10.7 Å². The van der Waals surface area contributed by atoms with E-state index in [1.165, 1.54) is 12.1 Å². The molecule has 1 aromatic rings. The maximum atomic E-state index is 13.8. The Morgan fingerprint density at radius 3 is 2.60 bits per heavy atom. The van der Waals surface area contributed by atoms with E-state index in [1.54, 1.807) is 13.0 Å². The highest BCUT2D eigenvalue weighted by Crippen LogP contribution is 2.17. The Morgan fingerprint density at radius 1 is 1.30 bits per heavy atom. The van der Waals surface area contributed by atoms with E-state index in [9.17, 15) is 12.8 Å². The predicted molar refractivity (Wildman–Crippen MR) is 78.5 cm³/mol. The van der Waals surface area contributed by atoms with Gasteiger partial charge in [-0.15, -0.1) is 0 Å². The second kappa shape index (κ2) is 7.71. The molecule has 0 aliphatic heterocycles. The van der Waals surface area contributed by atoms with Crippen molar-refractivity contribution in [2.45, 2.75) is 51.1 Å². The Bertz CT molecular complexity index is 532. The third-order valence-corrected chi connectivity index (χ3v) is 4.61. The van der Waals surface area contributed by atoms with Crippen LogP contribution in [0.2, 0.25) is 0 Å². The van der Waals surface area contributed by atoms with Gasteiger partial charge in [-0.25, -0.2) is 17.5 Å². The van der Waals surface area contributed by atoms with E-state index in [1.807, 2.05) is 13.8 Å². The highest BCUT2D eigenvalue weighted by Gasteiger charge is 2.21. The summed E-state index contributed by atoms with van der Waals surface area (Å²) in [4.78, 5) is -0.284. The molecule has 1 rings (SSSR count). The normalized spacial score (nSPS) is 13.4. The fourth-order valence-electron chi connectivity index (χ4n) is 1.68. The number of halogens is 1. The largest absolute Gasteiger partial charge is 0.313 e. The van der Waals surface area contributed by atoms with Crippen LogP contribution in [-0.2, 0) is 16.6 Å². The monoisotopic (exact) mass is 302 g/mol. The van der Waals surface area contributed by atoms with Gasteiger partial charge in [-0.05, 0) is 44.0 Å². The number of rotatable bonds is 8. The Morgan fingerprint density at radius 2 is 2.00 bits per heavy atom. The predicted octanol–water partition coefficient (Wildman–Crippen LogP) is 2.40. The first-order valence-corrected chi connectivity index (χ1v) is 8.40. The quantitative estimate of drug-likeness (QED) is 0.725. The van der Waals surface area contributed by atoms with Crippen molar-refractivity contribution in [3.63, 3.8) is 0 Å². The Hall–Kier alpha value is -0.980. The van der Waals surface area contributed by atoms with Crippen molar-refractivity contribution >= 4 is 10.0 Å². The van der Waals surface area contributed by atoms with Crippen LogP contribution in [0.25, 0.3) is 0 Å². The highest BCUT2D eigenvalue weighted by atomic mass is 32.2. The summed E-state index contributed by atoms with van der Waals surface area (Å²) in [6.07, 6.45) is 1.64. The molecule has 0 aliphatic carbocycles. The van der Waals surface area contributed by atoms with Gasteiger partial charge in [0.05, 0.1) is 0 Å². The van der Waals surface area contributed by atoms with Crippen molar-refractivity contribution in [2.75, 3.05) is 6.54 Å². The lowest BCUT2D eigenvalue weighted by molar-refractivity contribution is 0.538. The zero-order valence-electron chi connectivity index (χ0n) is 12.2. The maximum absolute atomic E-state index is 13.8. The van der Waals surface area contributed by atoms with Gasteiger partial charge in [0.25, 0.3) is 0 Å². The molecule has 1 aromatic carbocycles. The first-order valence-electron chi connectivity index (χ1n) is 6.92. The van der Waals surface area contributed by atoms with Crippen molar-refractivity contribution in [3.8, 4) is 0 Å². The van der Waals surface area contributed by atoms with E-state index >= 15 is 0 Å². The first-order chi connectivity index (χ1) is 9.40. The molecule has 0 saturated heterocycles. The average molecular weight is 302 g/mol. The molecule has 0 heterocycles. The molecule has 0 bridgehead atoms. The number of sulfonamides is 1.